The molecule has 0 saturated heterocycles. The normalized spacial score (nSPS) is 12.0. The number of ether oxygens (including phenoxy) is 1. The molecule has 0 aromatic heterocycles. The summed E-state index contributed by atoms with van der Waals surface area (Å²) in [6.07, 6.45) is -4.70. The Bertz CT molecular complexity index is 970. The van der Waals surface area contributed by atoms with Crippen molar-refractivity contribution in [3.8, 4) is 5.75 Å². The fourth-order valence-corrected chi connectivity index (χ4v) is 2.45. The fourth-order valence-electron chi connectivity index (χ4n) is 2.45. The van der Waals surface area contributed by atoms with Gasteiger partial charge in [0.05, 0.1) is 5.56 Å². The molecule has 11 heteroatoms. The third-order valence-corrected chi connectivity index (χ3v) is 4.06. The highest BCUT2D eigenvalue weighted by Crippen LogP contribution is 2.29. The predicted octanol–water partition coefficient (Wildman–Crippen LogP) is 2.16. The number of carboxylic acid groups (broad SMARTS) is 2. The number of aliphatic carboxylic acids is 2. The highest BCUT2D eigenvalue weighted by molar-refractivity contribution is 6.31. The van der Waals surface area contributed by atoms with Crippen LogP contribution in [0.25, 0.3) is 0 Å². The molecule has 0 unspecified atom stereocenters. The zero-order chi connectivity index (χ0) is 23.2. The third kappa shape index (κ3) is 6.84. The third-order valence-electron chi connectivity index (χ3n) is 4.06. The number of carboxylic acids is 2. The maximum atomic E-state index is 12.6. The van der Waals surface area contributed by atoms with Gasteiger partial charge >= 0.3 is 24.0 Å². The summed E-state index contributed by atoms with van der Waals surface area (Å²) in [5.41, 5.74) is -0.387. The van der Waals surface area contributed by atoms with E-state index in [0.29, 0.717) is 5.56 Å². The van der Waals surface area contributed by atoms with Gasteiger partial charge in [-0.05, 0) is 29.8 Å². The highest BCUT2D eigenvalue weighted by Gasteiger charge is 2.30. The van der Waals surface area contributed by atoms with Crippen molar-refractivity contribution in [1.82, 2.24) is 5.32 Å². The zero-order valence-electron chi connectivity index (χ0n) is 15.7. The van der Waals surface area contributed by atoms with Crippen molar-refractivity contribution < 1.29 is 47.3 Å². The molecule has 31 heavy (non-hydrogen) atoms. The number of nitrogens with one attached hydrogen (secondary N) is 1. The van der Waals surface area contributed by atoms with Crippen molar-refractivity contribution in [2.24, 2.45) is 0 Å². The molecular formula is C20H16F3NO7. The Labute approximate surface area is 173 Å². The standard InChI is InChI=1S/C20H16F3NO7/c21-20(22,23)13-5-3-12(4-6-13)16(25)10-31-14-7-1-11(2-8-14)9-15(18(27)28)24-17(26)19(29)30/h1-8,15H,9-10H2,(H,24,26)(H,27,28)(H,29,30)/t15-/m1/s1. The largest absolute Gasteiger partial charge is 0.485 e. The van der Waals surface area contributed by atoms with Crippen LogP contribution in [0, 0.1) is 0 Å². The number of benzene rings is 2. The lowest BCUT2D eigenvalue weighted by Gasteiger charge is -2.13. The molecule has 0 aliphatic heterocycles. The maximum absolute atomic E-state index is 12.6. The van der Waals surface area contributed by atoms with Gasteiger partial charge in [-0.25, -0.2) is 9.59 Å². The van der Waals surface area contributed by atoms with Crippen LogP contribution in [0.3, 0.4) is 0 Å². The van der Waals surface area contributed by atoms with E-state index >= 15 is 0 Å². The van der Waals surface area contributed by atoms with Gasteiger partial charge in [0, 0.05) is 12.0 Å². The second-order valence-corrected chi connectivity index (χ2v) is 6.30. The minimum absolute atomic E-state index is 0.0445. The second kappa shape index (κ2) is 9.74. The molecule has 0 aliphatic carbocycles. The molecule has 1 atom stereocenters. The SMILES string of the molecule is O=C(O)C(=O)N[C@H](Cc1ccc(OCC(=O)c2ccc(C(F)(F)F)cc2)cc1)C(=O)O. The van der Waals surface area contributed by atoms with Crippen molar-refractivity contribution in [1.29, 1.82) is 0 Å². The Morgan fingerprint density at radius 1 is 0.935 bits per heavy atom. The van der Waals surface area contributed by atoms with E-state index in [2.05, 4.69) is 0 Å². The first-order chi connectivity index (χ1) is 14.5. The first-order valence-electron chi connectivity index (χ1n) is 8.66. The number of ketones is 1. The molecule has 0 fully saturated rings. The number of rotatable bonds is 8. The van der Waals surface area contributed by atoms with E-state index in [0.717, 1.165) is 24.3 Å². The van der Waals surface area contributed by atoms with Crippen LogP contribution in [-0.4, -0.2) is 46.5 Å². The molecule has 0 heterocycles. The average Bonchev–Trinajstić information content (AvgIpc) is 2.71. The number of carbonyl (C=O) groups is 4. The Balaban J connectivity index is 1.94. The van der Waals surface area contributed by atoms with Crippen molar-refractivity contribution in [2.75, 3.05) is 6.61 Å². The van der Waals surface area contributed by atoms with Crippen LogP contribution in [0.5, 0.6) is 5.75 Å². The van der Waals surface area contributed by atoms with Gasteiger partial charge in [-0.2, -0.15) is 13.2 Å². The van der Waals surface area contributed by atoms with Gasteiger partial charge in [0.15, 0.2) is 12.4 Å². The fraction of sp³-hybridized carbons (Fsp3) is 0.200. The molecule has 8 nitrogen and oxygen atoms in total. The molecule has 0 aliphatic rings. The monoisotopic (exact) mass is 439 g/mol. The molecular weight excluding hydrogens is 423 g/mol. The smallest absolute Gasteiger partial charge is 0.416 e. The van der Waals surface area contributed by atoms with Crippen molar-refractivity contribution in [2.45, 2.75) is 18.6 Å². The van der Waals surface area contributed by atoms with Crippen molar-refractivity contribution >= 4 is 23.6 Å². The lowest BCUT2D eigenvalue weighted by Crippen LogP contribution is -2.45. The van der Waals surface area contributed by atoms with Gasteiger partial charge in [0.2, 0.25) is 0 Å². The molecule has 0 bridgehead atoms. The number of hydrogen-bond acceptors (Lipinski definition) is 5. The van der Waals surface area contributed by atoms with Crippen LogP contribution in [-0.2, 0) is 27.0 Å². The highest BCUT2D eigenvalue weighted by atomic mass is 19.4. The predicted molar refractivity (Wildman–Crippen MR) is 98.6 cm³/mol. The van der Waals surface area contributed by atoms with Crippen molar-refractivity contribution in [3.05, 3.63) is 65.2 Å². The number of halogens is 3. The summed E-state index contributed by atoms with van der Waals surface area (Å²) >= 11 is 0. The van der Waals surface area contributed by atoms with E-state index in [4.69, 9.17) is 14.9 Å². The Hall–Kier alpha value is -3.89. The summed E-state index contributed by atoms with van der Waals surface area (Å²) in [5.74, 6) is -4.98. The number of amides is 1. The lowest BCUT2D eigenvalue weighted by molar-refractivity contribution is -0.152. The van der Waals surface area contributed by atoms with Crippen LogP contribution in [0.2, 0.25) is 0 Å². The number of hydrogen-bond donors (Lipinski definition) is 3. The minimum Gasteiger partial charge on any atom is -0.485 e. The summed E-state index contributed by atoms with van der Waals surface area (Å²) in [6, 6.07) is 8.00. The molecule has 2 aromatic rings. The first kappa shape index (κ1) is 23.4. The van der Waals surface area contributed by atoms with Crippen molar-refractivity contribution in [3.63, 3.8) is 0 Å². The lowest BCUT2D eigenvalue weighted by atomic mass is 10.1. The van der Waals surface area contributed by atoms with Crippen LogP contribution >= 0.6 is 0 Å². The molecule has 164 valence electrons. The maximum Gasteiger partial charge on any atom is 0.416 e. The molecule has 2 rings (SSSR count). The van der Waals surface area contributed by atoms with E-state index in [9.17, 15) is 32.3 Å². The molecule has 0 radical (unpaired) electrons. The molecule has 2 aromatic carbocycles. The molecule has 0 spiro atoms. The van der Waals surface area contributed by atoms with E-state index in [1.54, 1.807) is 0 Å². The minimum atomic E-state index is -4.50. The Morgan fingerprint density at radius 2 is 1.52 bits per heavy atom. The summed E-state index contributed by atoms with van der Waals surface area (Å²) < 4.78 is 43.0. The van der Waals surface area contributed by atoms with Gasteiger partial charge in [-0.1, -0.05) is 24.3 Å². The number of carbonyl (C=O) groups excluding carboxylic acids is 2. The summed E-state index contributed by atoms with van der Waals surface area (Å²) in [4.78, 5) is 44.9. The van der Waals surface area contributed by atoms with Gasteiger partial charge in [0.25, 0.3) is 0 Å². The zero-order valence-corrected chi connectivity index (χ0v) is 15.7. The number of Topliss-reactive ketones (excluding diaryl/α,β-unsaturated/α-hetero) is 1. The van der Waals surface area contributed by atoms with E-state index in [-0.39, 0.29) is 17.7 Å². The van der Waals surface area contributed by atoms with Gasteiger partial charge < -0.3 is 20.3 Å². The van der Waals surface area contributed by atoms with Gasteiger partial charge in [-0.3, -0.25) is 9.59 Å². The molecule has 1 amide bonds. The Kier molecular flexibility index (Phi) is 7.35. The quantitative estimate of drug-likeness (QED) is 0.425. The van der Waals surface area contributed by atoms with Gasteiger partial charge in [-0.15, -0.1) is 0 Å². The summed E-state index contributed by atoms with van der Waals surface area (Å²) in [7, 11) is 0. The summed E-state index contributed by atoms with van der Waals surface area (Å²) in [5, 5.41) is 19.5. The number of alkyl halides is 3. The molecule has 0 saturated carbocycles. The average molecular weight is 439 g/mol. The summed E-state index contributed by atoms with van der Waals surface area (Å²) in [6.45, 7) is -0.433. The van der Waals surface area contributed by atoms with Crippen LogP contribution < -0.4 is 10.1 Å². The van der Waals surface area contributed by atoms with Gasteiger partial charge in [0.1, 0.15) is 11.8 Å². The van der Waals surface area contributed by atoms with E-state index in [1.165, 1.54) is 24.3 Å². The first-order valence-corrected chi connectivity index (χ1v) is 8.66. The van der Waals surface area contributed by atoms with Crippen LogP contribution in [0.15, 0.2) is 48.5 Å². The topological polar surface area (TPSA) is 130 Å². The van der Waals surface area contributed by atoms with Crippen LogP contribution in [0.1, 0.15) is 21.5 Å². The van der Waals surface area contributed by atoms with E-state index in [1.807, 2.05) is 5.32 Å². The molecule has 3 N–H and O–H groups in total. The Morgan fingerprint density at radius 3 is 2.00 bits per heavy atom. The second-order valence-electron chi connectivity index (χ2n) is 6.30. The van der Waals surface area contributed by atoms with E-state index < -0.39 is 48.0 Å². The van der Waals surface area contributed by atoms with Crippen LogP contribution in [0.4, 0.5) is 13.2 Å².